The van der Waals surface area contributed by atoms with Crippen molar-refractivity contribution in [3.8, 4) is 11.3 Å². The first kappa shape index (κ1) is 11.7. The summed E-state index contributed by atoms with van der Waals surface area (Å²) in [5.74, 6) is 0. The molecule has 2 aromatic carbocycles. The number of benzene rings is 2. The molecule has 3 rings (SSSR count). The zero-order valence-electron chi connectivity index (χ0n) is 10.6. The lowest BCUT2D eigenvalue weighted by molar-refractivity contribution is 0.538. The van der Waals surface area contributed by atoms with Gasteiger partial charge < -0.3 is 0 Å². The molecule has 0 radical (unpaired) electrons. The minimum Gasteiger partial charge on any atom is -0.184 e. The standard InChI is InChI=1S/C16H15N3/c1-3-7-14(8-4-1)11-12-19-17-13-16(18-19)15-9-5-2-6-10-15/h1-10,13H,11-12H2. The van der Waals surface area contributed by atoms with Gasteiger partial charge in [0.15, 0.2) is 0 Å². The molecule has 0 atom stereocenters. The quantitative estimate of drug-likeness (QED) is 0.711. The van der Waals surface area contributed by atoms with Gasteiger partial charge in [-0.25, -0.2) is 0 Å². The molecule has 0 fully saturated rings. The Morgan fingerprint density at radius 2 is 1.53 bits per heavy atom. The second-order valence-corrected chi connectivity index (χ2v) is 4.43. The van der Waals surface area contributed by atoms with Gasteiger partial charge in [-0.05, 0) is 12.0 Å². The second kappa shape index (κ2) is 5.48. The van der Waals surface area contributed by atoms with Crippen LogP contribution in [0.25, 0.3) is 11.3 Å². The number of rotatable bonds is 4. The summed E-state index contributed by atoms with van der Waals surface area (Å²) >= 11 is 0. The Balaban J connectivity index is 1.69. The van der Waals surface area contributed by atoms with Crippen molar-refractivity contribution in [2.45, 2.75) is 13.0 Å². The molecule has 0 spiro atoms. The van der Waals surface area contributed by atoms with Crippen LogP contribution in [-0.4, -0.2) is 15.0 Å². The van der Waals surface area contributed by atoms with E-state index in [2.05, 4.69) is 34.5 Å². The van der Waals surface area contributed by atoms with E-state index in [-0.39, 0.29) is 0 Å². The van der Waals surface area contributed by atoms with Crippen LogP contribution in [0.4, 0.5) is 0 Å². The Morgan fingerprint density at radius 1 is 0.842 bits per heavy atom. The minimum atomic E-state index is 0.802. The molecule has 3 nitrogen and oxygen atoms in total. The van der Waals surface area contributed by atoms with Gasteiger partial charge in [-0.3, -0.25) is 0 Å². The molecule has 3 aromatic rings. The molecular weight excluding hydrogens is 234 g/mol. The van der Waals surface area contributed by atoms with E-state index >= 15 is 0 Å². The Labute approximate surface area is 112 Å². The first-order chi connectivity index (χ1) is 9.42. The van der Waals surface area contributed by atoms with Crippen LogP contribution in [0.15, 0.2) is 66.9 Å². The lowest BCUT2D eigenvalue weighted by Gasteiger charge is -2.00. The van der Waals surface area contributed by atoms with Crippen LogP contribution in [-0.2, 0) is 13.0 Å². The van der Waals surface area contributed by atoms with E-state index < -0.39 is 0 Å². The zero-order chi connectivity index (χ0) is 12.9. The average molecular weight is 249 g/mol. The maximum atomic E-state index is 4.50. The molecular formula is C16H15N3. The summed E-state index contributed by atoms with van der Waals surface area (Å²) in [6, 6.07) is 20.5. The summed E-state index contributed by atoms with van der Waals surface area (Å²) in [6.07, 6.45) is 2.77. The van der Waals surface area contributed by atoms with Crippen LogP contribution in [0, 0.1) is 0 Å². The Hall–Kier alpha value is -2.42. The summed E-state index contributed by atoms with van der Waals surface area (Å²) in [5.41, 5.74) is 3.34. The van der Waals surface area contributed by atoms with Crippen LogP contribution in [0.3, 0.4) is 0 Å². The smallest absolute Gasteiger partial charge is 0.113 e. The fourth-order valence-electron chi connectivity index (χ4n) is 2.02. The third-order valence-electron chi connectivity index (χ3n) is 3.05. The first-order valence-electron chi connectivity index (χ1n) is 6.41. The molecule has 0 aliphatic carbocycles. The fraction of sp³-hybridized carbons (Fsp3) is 0.125. The van der Waals surface area contributed by atoms with Crippen LogP contribution in [0.5, 0.6) is 0 Å². The fourth-order valence-corrected chi connectivity index (χ4v) is 2.02. The van der Waals surface area contributed by atoms with Crippen molar-refractivity contribution < 1.29 is 0 Å². The van der Waals surface area contributed by atoms with E-state index in [9.17, 15) is 0 Å². The summed E-state index contributed by atoms with van der Waals surface area (Å²) in [7, 11) is 0. The lowest BCUT2D eigenvalue weighted by atomic mass is 10.2. The third kappa shape index (κ3) is 2.88. The highest BCUT2D eigenvalue weighted by Crippen LogP contribution is 2.14. The zero-order valence-corrected chi connectivity index (χ0v) is 10.6. The van der Waals surface area contributed by atoms with E-state index in [0.29, 0.717) is 0 Å². The maximum Gasteiger partial charge on any atom is 0.113 e. The Kier molecular flexibility index (Phi) is 3.36. The molecule has 0 N–H and O–H groups in total. The van der Waals surface area contributed by atoms with Crippen LogP contribution >= 0.6 is 0 Å². The molecule has 19 heavy (non-hydrogen) atoms. The van der Waals surface area contributed by atoms with Gasteiger partial charge in [0.1, 0.15) is 5.69 Å². The van der Waals surface area contributed by atoms with E-state index in [1.807, 2.05) is 42.6 Å². The van der Waals surface area contributed by atoms with Crippen molar-refractivity contribution in [1.29, 1.82) is 0 Å². The van der Waals surface area contributed by atoms with Gasteiger partial charge >= 0.3 is 0 Å². The molecule has 0 saturated carbocycles. The summed E-state index contributed by atoms with van der Waals surface area (Å²) in [5, 5.41) is 8.81. The van der Waals surface area contributed by atoms with Crippen LogP contribution in [0.1, 0.15) is 5.56 Å². The molecule has 0 aliphatic rings. The van der Waals surface area contributed by atoms with E-state index in [0.717, 1.165) is 24.2 Å². The minimum absolute atomic E-state index is 0.802. The lowest BCUT2D eigenvalue weighted by Crippen LogP contribution is -2.05. The number of nitrogens with zero attached hydrogens (tertiary/aromatic N) is 3. The van der Waals surface area contributed by atoms with Gasteiger partial charge in [0, 0.05) is 5.56 Å². The van der Waals surface area contributed by atoms with Gasteiger partial charge in [-0.15, -0.1) is 0 Å². The van der Waals surface area contributed by atoms with E-state index in [1.165, 1.54) is 5.56 Å². The van der Waals surface area contributed by atoms with E-state index in [1.54, 1.807) is 4.80 Å². The highest BCUT2D eigenvalue weighted by atomic mass is 15.5. The SMILES string of the molecule is c1ccc(CCn2ncc(-c3ccccc3)n2)cc1. The van der Waals surface area contributed by atoms with Gasteiger partial charge in [0.2, 0.25) is 0 Å². The predicted octanol–water partition coefficient (Wildman–Crippen LogP) is 3.19. The highest BCUT2D eigenvalue weighted by molar-refractivity contribution is 5.56. The van der Waals surface area contributed by atoms with Gasteiger partial charge in [-0.2, -0.15) is 15.0 Å². The summed E-state index contributed by atoms with van der Waals surface area (Å²) in [4.78, 5) is 1.76. The van der Waals surface area contributed by atoms with Gasteiger partial charge in [0.05, 0.1) is 12.7 Å². The Morgan fingerprint density at radius 3 is 2.26 bits per heavy atom. The molecule has 94 valence electrons. The average Bonchev–Trinajstić information content (AvgIpc) is 2.96. The molecule has 0 aliphatic heterocycles. The second-order valence-electron chi connectivity index (χ2n) is 4.43. The summed E-state index contributed by atoms with van der Waals surface area (Å²) < 4.78 is 0. The van der Waals surface area contributed by atoms with Crippen LogP contribution in [0.2, 0.25) is 0 Å². The van der Waals surface area contributed by atoms with Crippen molar-refractivity contribution in [2.75, 3.05) is 0 Å². The summed E-state index contributed by atoms with van der Waals surface area (Å²) in [6.45, 7) is 0.802. The third-order valence-corrected chi connectivity index (χ3v) is 3.05. The number of hydrogen-bond acceptors (Lipinski definition) is 2. The largest absolute Gasteiger partial charge is 0.184 e. The monoisotopic (exact) mass is 249 g/mol. The number of aromatic nitrogens is 3. The molecule has 0 bridgehead atoms. The van der Waals surface area contributed by atoms with Crippen molar-refractivity contribution >= 4 is 0 Å². The maximum absolute atomic E-state index is 4.50. The molecule has 1 aromatic heterocycles. The molecule has 1 heterocycles. The topological polar surface area (TPSA) is 30.7 Å². The van der Waals surface area contributed by atoms with Gasteiger partial charge in [-0.1, -0.05) is 60.7 Å². The Bertz CT molecular complexity index is 629. The molecule has 0 unspecified atom stereocenters. The highest BCUT2D eigenvalue weighted by Gasteiger charge is 2.02. The van der Waals surface area contributed by atoms with Gasteiger partial charge in [0.25, 0.3) is 0 Å². The van der Waals surface area contributed by atoms with Crippen molar-refractivity contribution in [1.82, 2.24) is 15.0 Å². The molecule has 3 heteroatoms. The van der Waals surface area contributed by atoms with Crippen molar-refractivity contribution in [2.24, 2.45) is 0 Å². The molecule has 0 saturated heterocycles. The number of aryl methyl sites for hydroxylation is 2. The van der Waals surface area contributed by atoms with Crippen LogP contribution < -0.4 is 0 Å². The van der Waals surface area contributed by atoms with Crippen molar-refractivity contribution in [3.05, 3.63) is 72.4 Å². The van der Waals surface area contributed by atoms with Crippen molar-refractivity contribution in [3.63, 3.8) is 0 Å². The normalized spacial score (nSPS) is 10.5. The van der Waals surface area contributed by atoms with E-state index in [4.69, 9.17) is 0 Å². The predicted molar refractivity (Wildman–Crippen MR) is 75.6 cm³/mol. The first-order valence-corrected chi connectivity index (χ1v) is 6.41. The number of hydrogen-bond donors (Lipinski definition) is 0. The molecule has 0 amide bonds.